The first-order chi connectivity index (χ1) is 14.5. The van der Waals surface area contributed by atoms with Crippen LogP contribution in [0.25, 0.3) is 43.1 Å². The summed E-state index contributed by atoms with van der Waals surface area (Å²) in [6.07, 6.45) is 0. The van der Waals surface area contributed by atoms with Crippen LogP contribution in [0.2, 0.25) is 0 Å². The van der Waals surface area contributed by atoms with Gasteiger partial charge in [-0.05, 0) is 68.4 Å². The Balaban J connectivity index is 1.94. The Morgan fingerprint density at radius 3 is 1.77 bits per heavy atom. The zero-order valence-electron chi connectivity index (χ0n) is 16.3. The predicted molar refractivity (Wildman–Crippen MR) is 118 cm³/mol. The molecule has 0 aliphatic carbocycles. The van der Waals surface area contributed by atoms with Gasteiger partial charge in [0.05, 0.1) is 0 Å². The van der Waals surface area contributed by atoms with Crippen LogP contribution in [0.3, 0.4) is 0 Å². The van der Waals surface area contributed by atoms with Gasteiger partial charge in [-0.3, -0.25) is 19.7 Å². The molecule has 3 amide bonds. The Bertz CT molecular complexity index is 1550. The summed E-state index contributed by atoms with van der Waals surface area (Å²) in [5.74, 6) is -0.864. The standard InChI is InChI=1S/C25H16N2O3/c1-11-3-4-12-14-6-9-17-22-18(25(30)27-24(17)29)10-7-15(21(14)22)13-5-8-16(23(28)26-2)19(11)20(12)13/h3-10H,1-2H3,(H,26,28)(H,27,29,30). The molecule has 0 unspecified atom stereocenters. The Morgan fingerprint density at radius 2 is 1.20 bits per heavy atom. The fourth-order valence-corrected chi connectivity index (χ4v) is 5.00. The van der Waals surface area contributed by atoms with Gasteiger partial charge in [0.25, 0.3) is 17.7 Å². The van der Waals surface area contributed by atoms with E-state index >= 15 is 0 Å². The van der Waals surface area contributed by atoms with Crippen LogP contribution in [0.4, 0.5) is 0 Å². The van der Waals surface area contributed by atoms with E-state index in [0.29, 0.717) is 22.1 Å². The minimum absolute atomic E-state index is 0.125. The molecule has 0 fully saturated rings. The number of fused-ring (bicyclic) bond motifs is 2. The Morgan fingerprint density at radius 1 is 0.700 bits per heavy atom. The number of carbonyl (C=O) groups is 3. The maximum Gasteiger partial charge on any atom is 0.258 e. The van der Waals surface area contributed by atoms with Crippen LogP contribution >= 0.6 is 0 Å². The molecule has 0 spiro atoms. The number of imide groups is 1. The second-order valence-electron chi connectivity index (χ2n) is 7.77. The van der Waals surface area contributed by atoms with E-state index in [2.05, 4.69) is 16.7 Å². The molecule has 5 heteroatoms. The van der Waals surface area contributed by atoms with Crippen LogP contribution in [0.5, 0.6) is 0 Å². The zero-order valence-corrected chi connectivity index (χ0v) is 16.3. The molecule has 6 rings (SSSR count). The first-order valence-corrected chi connectivity index (χ1v) is 9.76. The maximum atomic E-state index is 12.6. The van der Waals surface area contributed by atoms with Crippen molar-refractivity contribution in [3.05, 3.63) is 70.8 Å². The molecule has 0 radical (unpaired) electrons. The molecule has 0 saturated carbocycles. The second kappa shape index (κ2) is 5.54. The fourth-order valence-electron chi connectivity index (χ4n) is 5.00. The fraction of sp³-hybridized carbons (Fsp3) is 0.0800. The lowest BCUT2D eigenvalue weighted by molar-refractivity contribution is 0.0844. The Kier molecular flexibility index (Phi) is 3.12. The highest BCUT2D eigenvalue weighted by Crippen LogP contribution is 2.44. The van der Waals surface area contributed by atoms with Gasteiger partial charge in [-0.2, -0.15) is 0 Å². The van der Waals surface area contributed by atoms with Gasteiger partial charge in [0, 0.05) is 29.1 Å². The lowest BCUT2D eigenvalue weighted by Gasteiger charge is -2.22. The highest BCUT2D eigenvalue weighted by molar-refractivity contribution is 6.39. The quantitative estimate of drug-likeness (QED) is 0.254. The first-order valence-electron chi connectivity index (χ1n) is 9.76. The summed E-state index contributed by atoms with van der Waals surface area (Å²) >= 11 is 0. The molecule has 2 N–H and O–H groups in total. The summed E-state index contributed by atoms with van der Waals surface area (Å²) in [6.45, 7) is 2.01. The number of hydrogen-bond acceptors (Lipinski definition) is 3. The van der Waals surface area contributed by atoms with Crippen molar-refractivity contribution in [3.63, 3.8) is 0 Å². The molecule has 1 aliphatic heterocycles. The van der Waals surface area contributed by atoms with Crippen LogP contribution in [0, 0.1) is 6.92 Å². The van der Waals surface area contributed by atoms with Crippen LogP contribution in [0.1, 0.15) is 36.6 Å². The normalized spacial score (nSPS) is 13.5. The zero-order chi connectivity index (χ0) is 20.7. The van der Waals surface area contributed by atoms with Gasteiger partial charge in [0.15, 0.2) is 0 Å². The molecule has 0 aromatic heterocycles. The number of hydrogen-bond donors (Lipinski definition) is 2. The predicted octanol–water partition coefficient (Wildman–Crippen LogP) is 4.29. The number of amides is 3. The summed E-state index contributed by atoms with van der Waals surface area (Å²) < 4.78 is 0. The van der Waals surface area contributed by atoms with Crippen molar-refractivity contribution in [2.75, 3.05) is 7.05 Å². The van der Waals surface area contributed by atoms with Gasteiger partial charge < -0.3 is 5.32 Å². The molecule has 144 valence electrons. The largest absolute Gasteiger partial charge is 0.355 e. The van der Waals surface area contributed by atoms with Crippen LogP contribution in [-0.2, 0) is 0 Å². The van der Waals surface area contributed by atoms with Crippen molar-refractivity contribution in [2.24, 2.45) is 0 Å². The monoisotopic (exact) mass is 392 g/mol. The second-order valence-corrected chi connectivity index (χ2v) is 7.77. The molecule has 5 nitrogen and oxygen atoms in total. The van der Waals surface area contributed by atoms with Gasteiger partial charge in [0.2, 0.25) is 0 Å². The lowest BCUT2D eigenvalue weighted by atomic mass is 9.83. The van der Waals surface area contributed by atoms with E-state index < -0.39 is 0 Å². The topological polar surface area (TPSA) is 75.3 Å². The highest BCUT2D eigenvalue weighted by Gasteiger charge is 2.28. The average molecular weight is 392 g/mol. The SMILES string of the molecule is CNC(=O)c1ccc2c3ccc4c5c(ccc(c6ccc(C)c1c62)c53)C(=O)NC4=O. The van der Waals surface area contributed by atoms with Crippen molar-refractivity contribution < 1.29 is 14.4 Å². The Labute approximate surface area is 171 Å². The molecular weight excluding hydrogens is 376 g/mol. The number of carbonyl (C=O) groups excluding carboxylic acids is 3. The van der Waals surface area contributed by atoms with Crippen LogP contribution in [0.15, 0.2) is 48.5 Å². The number of nitrogens with one attached hydrogen (secondary N) is 2. The maximum absolute atomic E-state index is 12.6. The first kappa shape index (κ1) is 16.9. The van der Waals surface area contributed by atoms with Gasteiger partial charge in [-0.1, -0.05) is 30.3 Å². The van der Waals surface area contributed by atoms with E-state index in [4.69, 9.17) is 0 Å². The van der Waals surface area contributed by atoms with Crippen molar-refractivity contribution in [3.8, 4) is 0 Å². The molecule has 1 heterocycles. The number of benzene rings is 5. The molecular formula is C25H16N2O3. The molecule has 5 aromatic carbocycles. The smallest absolute Gasteiger partial charge is 0.258 e. The van der Waals surface area contributed by atoms with E-state index in [1.807, 2.05) is 37.3 Å². The molecule has 0 atom stereocenters. The average Bonchev–Trinajstić information content (AvgIpc) is 2.76. The van der Waals surface area contributed by atoms with E-state index in [9.17, 15) is 14.4 Å². The van der Waals surface area contributed by atoms with Crippen molar-refractivity contribution in [2.45, 2.75) is 6.92 Å². The van der Waals surface area contributed by atoms with E-state index in [0.717, 1.165) is 43.3 Å². The van der Waals surface area contributed by atoms with Crippen molar-refractivity contribution in [1.82, 2.24) is 10.6 Å². The van der Waals surface area contributed by atoms with E-state index in [1.54, 1.807) is 19.2 Å². The Hall–Kier alpha value is -3.99. The summed E-state index contributed by atoms with van der Waals surface area (Å²) in [5, 5.41) is 12.7. The minimum atomic E-state index is -0.369. The number of aryl methyl sites for hydroxylation is 1. The molecule has 0 bridgehead atoms. The molecule has 0 saturated heterocycles. The summed E-state index contributed by atoms with van der Waals surface area (Å²) in [5.41, 5.74) is 2.69. The van der Waals surface area contributed by atoms with Gasteiger partial charge in [-0.25, -0.2) is 0 Å². The third-order valence-electron chi connectivity index (χ3n) is 6.30. The summed E-state index contributed by atoms with van der Waals surface area (Å²) in [7, 11) is 1.63. The minimum Gasteiger partial charge on any atom is -0.355 e. The lowest BCUT2D eigenvalue weighted by Crippen LogP contribution is -2.34. The van der Waals surface area contributed by atoms with E-state index in [-0.39, 0.29) is 17.7 Å². The summed E-state index contributed by atoms with van der Waals surface area (Å²) in [6, 6.07) is 15.4. The highest BCUT2D eigenvalue weighted by atomic mass is 16.2. The number of rotatable bonds is 1. The third-order valence-corrected chi connectivity index (χ3v) is 6.30. The van der Waals surface area contributed by atoms with Gasteiger partial charge >= 0.3 is 0 Å². The van der Waals surface area contributed by atoms with E-state index in [1.165, 1.54) is 0 Å². The van der Waals surface area contributed by atoms with Crippen LogP contribution in [-0.4, -0.2) is 24.8 Å². The van der Waals surface area contributed by atoms with Crippen molar-refractivity contribution in [1.29, 1.82) is 0 Å². The molecule has 1 aliphatic rings. The van der Waals surface area contributed by atoms with Gasteiger partial charge in [0.1, 0.15) is 0 Å². The van der Waals surface area contributed by atoms with Crippen molar-refractivity contribution >= 4 is 60.8 Å². The molecule has 30 heavy (non-hydrogen) atoms. The van der Waals surface area contributed by atoms with Crippen LogP contribution < -0.4 is 10.6 Å². The third kappa shape index (κ3) is 1.89. The summed E-state index contributed by atoms with van der Waals surface area (Å²) in [4.78, 5) is 37.5. The molecule has 5 aromatic rings. The van der Waals surface area contributed by atoms with Gasteiger partial charge in [-0.15, -0.1) is 0 Å².